The first kappa shape index (κ1) is 14.2. The normalized spacial score (nSPS) is 23.2. The van der Waals surface area contributed by atoms with Crippen molar-refractivity contribution in [3.05, 3.63) is 5.28 Å². The summed E-state index contributed by atoms with van der Waals surface area (Å²) in [7, 11) is 5.46. The molecule has 0 aromatic carbocycles. The molecule has 0 radical (unpaired) electrons. The fourth-order valence-corrected chi connectivity index (χ4v) is 2.42. The topological polar surface area (TPSA) is 74.6 Å². The Kier molecular flexibility index (Phi) is 4.38. The summed E-state index contributed by atoms with van der Waals surface area (Å²) in [5.41, 5.74) is 0. The lowest BCUT2D eigenvalue weighted by molar-refractivity contribution is 0.191. The molecule has 2 atom stereocenters. The van der Waals surface area contributed by atoms with Crippen LogP contribution in [0.3, 0.4) is 0 Å². The molecule has 2 heterocycles. The lowest BCUT2D eigenvalue weighted by atomic mass is 10.2. The zero-order valence-corrected chi connectivity index (χ0v) is 12.0. The van der Waals surface area contributed by atoms with Crippen LogP contribution in [0.4, 0.5) is 5.95 Å². The Morgan fingerprint density at radius 1 is 1.42 bits per heavy atom. The summed E-state index contributed by atoms with van der Waals surface area (Å²) in [5.74, 6) is 0.445. The van der Waals surface area contributed by atoms with E-state index >= 15 is 0 Å². The second kappa shape index (κ2) is 5.85. The maximum atomic E-state index is 9.84. The molecule has 7 nitrogen and oxygen atoms in total. The number of methoxy groups -OCH3 is 1. The minimum atomic E-state index is -0.383. The highest BCUT2D eigenvalue weighted by Gasteiger charge is 2.33. The van der Waals surface area contributed by atoms with Crippen LogP contribution in [0.25, 0.3) is 0 Å². The lowest BCUT2D eigenvalue weighted by Crippen LogP contribution is -2.38. The van der Waals surface area contributed by atoms with E-state index in [0.29, 0.717) is 18.9 Å². The van der Waals surface area contributed by atoms with Crippen LogP contribution in [0, 0.1) is 0 Å². The second-order valence-corrected chi connectivity index (χ2v) is 5.19. The van der Waals surface area contributed by atoms with Crippen LogP contribution in [0.5, 0.6) is 6.01 Å². The number of hydrogen-bond donors (Lipinski definition) is 1. The molecule has 0 saturated carbocycles. The predicted molar refractivity (Wildman–Crippen MR) is 71.7 cm³/mol. The van der Waals surface area contributed by atoms with E-state index in [0.717, 1.165) is 6.54 Å². The maximum absolute atomic E-state index is 9.84. The Balaban J connectivity index is 2.25. The Morgan fingerprint density at radius 2 is 2.16 bits per heavy atom. The monoisotopic (exact) mass is 287 g/mol. The number of aliphatic hydroxyl groups excluding tert-OH is 1. The second-order valence-electron chi connectivity index (χ2n) is 4.85. The Morgan fingerprint density at radius 3 is 2.79 bits per heavy atom. The first-order valence-electron chi connectivity index (χ1n) is 6.04. The van der Waals surface area contributed by atoms with Gasteiger partial charge in [0, 0.05) is 19.1 Å². The van der Waals surface area contributed by atoms with Gasteiger partial charge in [-0.2, -0.15) is 15.0 Å². The van der Waals surface area contributed by atoms with Crippen molar-refractivity contribution in [2.24, 2.45) is 0 Å². The van der Waals surface area contributed by atoms with E-state index in [-0.39, 0.29) is 23.4 Å². The van der Waals surface area contributed by atoms with Crippen LogP contribution < -0.4 is 9.64 Å². The number of ether oxygens (including phenoxy) is 1. The van der Waals surface area contributed by atoms with E-state index in [1.54, 1.807) is 0 Å². The third-order valence-corrected chi connectivity index (χ3v) is 3.15. The van der Waals surface area contributed by atoms with Gasteiger partial charge in [0.25, 0.3) is 0 Å². The highest BCUT2D eigenvalue weighted by Crippen LogP contribution is 2.25. The van der Waals surface area contributed by atoms with Gasteiger partial charge in [0.2, 0.25) is 11.2 Å². The van der Waals surface area contributed by atoms with Crippen molar-refractivity contribution in [2.75, 3.05) is 39.2 Å². The fourth-order valence-electron chi connectivity index (χ4n) is 2.27. The Labute approximate surface area is 117 Å². The van der Waals surface area contributed by atoms with Crippen molar-refractivity contribution in [1.82, 2.24) is 19.9 Å². The van der Waals surface area contributed by atoms with Gasteiger partial charge in [0.15, 0.2) is 0 Å². The molecule has 1 saturated heterocycles. The Bertz CT molecular complexity index is 445. The number of anilines is 1. The molecular weight excluding hydrogens is 270 g/mol. The number of aromatic nitrogens is 3. The van der Waals surface area contributed by atoms with Crippen LogP contribution >= 0.6 is 11.6 Å². The van der Waals surface area contributed by atoms with Crippen LogP contribution in [0.1, 0.15) is 6.42 Å². The zero-order valence-electron chi connectivity index (χ0n) is 11.2. The van der Waals surface area contributed by atoms with Gasteiger partial charge in [-0.05, 0) is 32.1 Å². The first-order valence-corrected chi connectivity index (χ1v) is 6.42. The van der Waals surface area contributed by atoms with Gasteiger partial charge in [-0.1, -0.05) is 0 Å². The third kappa shape index (κ3) is 3.43. The average Bonchev–Trinajstić information content (AvgIpc) is 2.68. The van der Waals surface area contributed by atoms with E-state index in [1.165, 1.54) is 7.11 Å². The van der Waals surface area contributed by atoms with Crippen molar-refractivity contribution < 1.29 is 9.84 Å². The number of hydrogen-bond acceptors (Lipinski definition) is 7. The van der Waals surface area contributed by atoms with Crippen molar-refractivity contribution in [3.63, 3.8) is 0 Å². The van der Waals surface area contributed by atoms with E-state index in [2.05, 4.69) is 19.9 Å². The number of rotatable bonds is 4. The summed E-state index contributed by atoms with van der Waals surface area (Å²) in [6.07, 6.45) is 0.301. The SMILES string of the molecule is COc1nc(Cl)nc(N2CC(O)CC2CN(C)C)n1. The minimum Gasteiger partial charge on any atom is -0.467 e. The van der Waals surface area contributed by atoms with Crippen LogP contribution in [-0.4, -0.2) is 71.4 Å². The highest BCUT2D eigenvalue weighted by atomic mass is 35.5. The van der Waals surface area contributed by atoms with Gasteiger partial charge in [-0.25, -0.2) is 0 Å². The first-order chi connectivity index (χ1) is 8.99. The van der Waals surface area contributed by atoms with Crippen molar-refractivity contribution in [2.45, 2.75) is 18.6 Å². The summed E-state index contributed by atoms with van der Waals surface area (Å²) in [6, 6.07) is 0.327. The molecule has 2 rings (SSSR count). The molecule has 0 aliphatic carbocycles. The van der Waals surface area contributed by atoms with Gasteiger partial charge < -0.3 is 19.6 Å². The van der Waals surface area contributed by atoms with Gasteiger partial charge >= 0.3 is 6.01 Å². The number of nitrogens with zero attached hydrogens (tertiary/aromatic N) is 5. The van der Waals surface area contributed by atoms with Crippen LogP contribution in [0.15, 0.2) is 0 Å². The van der Waals surface area contributed by atoms with Gasteiger partial charge in [-0.3, -0.25) is 0 Å². The molecule has 0 bridgehead atoms. The number of aliphatic hydroxyl groups is 1. The average molecular weight is 288 g/mol. The van der Waals surface area contributed by atoms with Crippen molar-refractivity contribution in [1.29, 1.82) is 0 Å². The van der Waals surface area contributed by atoms with Crippen molar-refractivity contribution in [3.8, 4) is 6.01 Å². The molecule has 1 N–H and O–H groups in total. The summed E-state index contributed by atoms with van der Waals surface area (Å²) in [6.45, 7) is 1.30. The molecule has 1 fully saturated rings. The molecule has 19 heavy (non-hydrogen) atoms. The van der Waals surface area contributed by atoms with E-state index in [4.69, 9.17) is 16.3 Å². The molecule has 1 aliphatic rings. The fraction of sp³-hybridized carbons (Fsp3) is 0.727. The summed E-state index contributed by atoms with van der Waals surface area (Å²) in [5, 5.41) is 9.93. The number of likely N-dealkylation sites (N-methyl/N-ethyl adjacent to an activating group) is 1. The number of halogens is 1. The van der Waals surface area contributed by atoms with E-state index in [9.17, 15) is 5.11 Å². The molecule has 0 amide bonds. The quantitative estimate of drug-likeness (QED) is 0.838. The smallest absolute Gasteiger partial charge is 0.322 e. The molecule has 106 valence electrons. The van der Waals surface area contributed by atoms with Gasteiger partial charge in [-0.15, -0.1) is 0 Å². The highest BCUT2D eigenvalue weighted by molar-refractivity contribution is 6.28. The van der Waals surface area contributed by atoms with Crippen LogP contribution in [0.2, 0.25) is 5.28 Å². The minimum absolute atomic E-state index is 0.0897. The summed E-state index contributed by atoms with van der Waals surface area (Å²) >= 11 is 5.86. The Hall–Kier alpha value is -1.18. The van der Waals surface area contributed by atoms with Gasteiger partial charge in [0.05, 0.1) is 13.2 Å². The largest absolute Gasteiger partial charge is 0.467 e. The molecule has 2 unspecified atom stereocenters. The molecule has 1 aliphatic heterocycles. The van der Waals surface area contributed by atoms with E-state index in [1.807, 2.05) is 19.0 Å². The molecular formula is C11H18ClN5O2. The van der Waals surface area contributed by atoms with E-state index < -0.39 is 0 Å². The predicted octanol–water partition coefficient (Wildman–Crippen LogP) is 0.0348. The maximum Gasteiger partial charge on any atom is 0.322 e. The third-order valence-electron chi connectivity index (χ3n) is 2.98. The zero-order chi connectivity index (χ0) is 14.0. The lowest BCUT2D eigenvalue weighted by Gasteiger charge is -2.26. The molecule has 8 heteroatoms. The van der Waals surface area contributed by atoms with Crippen LogP contribution in [-0.2, 0) is 0 Å². The van der Waals surface area contributed by atoms with Gasteiger partial charge in [0.1, 0.15) is 0 Å². The number of β-amino-alcohol motifs (C(OH)–C–C–N with tert-alkyl or cyclic N) is 1. The summed E-state index contributed by atoms with van der Waals surface area (Å²) < 4.78 is 4.99. The van der Waals surface area contributed by atoms with Crippen molar-refractivity contribution >= 4 is 17.5 Å². The molecule has 0 spiro atoms. The summed E-state index contributed by atoms with van der Waals surface area (Å²) in [4.78, 5) is 16.2. The molecule has 1 aromatic rings. The standard InChI is InChI=1S/C11H18ClN5O2/c1-16(2)5-7-4-8(18)6-17(7)10-13-9(12)14-11(15-10)19-3/h7-8,18H,4-6H2,1-3H3. The molecule has 1 aromatic heterocycles.